The molecule has 0 radical (unpaired) electrons. The van der Waals surface area contributed by atoms with Gasteiger partial charge in [0.25, 0.3) is 0 Å². The minimum Gasteiger partial charge on any atom is -0.459 e. The van der Waals surface area contributed by atoms with Crippen molar-refractivity contribution in [1.29, 1.82) is 0 Å². The molecule has 120 valence electrons. The predicted octanol–water partition coefficient (Wildman–Crippen LogP) is 1.79. The molecular formula is C16H20O6. The maximum atomic E-state index is 11.3. The van der Waals surface area contributed by atoms with Crippen molar-refractivity contribution in [3.63, 3.8) is 0 Å². The summed E-state index contributed by atoms with van der Waals surface area (Å²) >= 11 is 0. The van der Waals surface area contributed by atoms with E-state index in [0.717, 1.165) is 5.56 Å². The molecule has 3 rings (SSSR count). The number of carbonyl (C=O) groups excluding carboxylic acids is 1. The quantitative estimate of drug-likeness (QED) is 0.793. The Morgan fingerprint density at radius 2 is 2.00 bits per heavy atom. The van der Waals surface area contributed by atoms with Crippen LogP contribution in [0.25, 0.3) is 0 Å². The van der Waals surface area contributed by atoms with E-state index in [0.29, 0.717) is 13.0 Å². The molecule has 5 atom stereocenters. The fourth-order valence-electron chi connectivity index (χ4n) is 2.83. The van der Waals surface area contributed by atoms with Crippen LogP contribution in [0, 0.1) is 0 Å². The van der Waals surface area contributed by atoms with Gasteiger partial charge in [0, 0.05) is 26.0 Å². The number of hydrogen-bond donors (Lipinski definition) is 0. The van der Waals surface area contributed by atoms with Gasteiger partial charge >= 0.3 is 5.97 Å². The van der Waals surface area contributed by atoms with Crippen molar-refractivity contribution in [2.45, 2.75) is 44.2 Å². The Morgan fingerprint density at radius 3 is 2.68 bits per heavy atom. The van der Waals surface area contributed by atoms with Crippen molar-refractivity contribution in [3.05, 3.63) is 35.9 Å². The molecule has 0 N–H and O–H groups in total. The Kier molecular flexibility index (Phi) is 4.73. The maximum Gasteiger partial charge on any atom is 0.302 e. The third-order valence-electron chi connectivity index (χ3n) is 3.83. The second-order valence-corrected chi connectivity index (χ2v) is 5.40. The lowest BCUT2D eigenvalue weighted by atomic mass is 10.00. The van der Waals surface area contributed by atoms with E-state index in [-0.39, 0.29) is 18.2 Å². The van der Waals surface area contributed by atoms with Gasteiger partial charge in [-0.05, 0) is 0 Å². The highest BCUT2D eigenvalue weighted by atomic mass is 16.7. The summed E-state index contributed by atoms with van der Waals surface area (Å²) in [5, 5.41) is 0. The molecule has 6 nitrogen and oxygen atoms in total. The topological polar surface area (TPSA) is 63.2 Å². The molecule has 6 heteroatoms. The van der Waals surface area contributed by atoms with E-state index >= 15 is 0 Å². The molecule has 22 heavy (non-hydrogen) atoms. The van der Waals surface area contributed by atoms with Crippen molar-refractivity contribution >= 4 is 5.97 Å². The highest BCUT2D eigenvalue weighted by molar-refractivity contribution is 5.66. The van der Waals surface area contributed by atoms with Gasteiger partial charge in [0.2, 0.25) is 0 Å². The zero-order valence-electron chi connectivity index (χ0n) is 12.6. The van der Waals surface area contributed by atoms with Crippen molar-refractivity contribution in [2.24, 2.45) is 0 Å². The minimum atomic E-state index is -0.483. The van der Waals surface area contributed by atoms with Gasteiger partial charge in [-0.3, -0.25) is 4.79 Å². The first kappa shape index (κ1) is 15.4. The van der Waals surface area contributed by atoms with Crippen molar-refractivity contribution < 1.29 is 28.5 Å². The number of benzene rings is 1. The lowest BCUT2D eigenvalue weighted by Gasteiger charge is -2.44. The van der Waals surface area contributed by atoms with E-state index in [2.05, 4.69) is 0 Å². The van der Waals surface area contributed by atoms with E-state index in [1.54, 1.807) is 7.11 Å². The number of ether oxygens (including phenoxy) is 5. The molecule has 1 aromatic rings. The Bertz CT molecular complexity index is 505. The molecule has 2 aliphatic rings. The van der Waals surface area contributed by atoms with Crippen LogP contribution in [0.5, 0.6) is 0 Å². The molecular weight excluding hydrogens is 288 g/mol. The standard InChI is InChI=1S/C16H20O6/c1-10(17)20-12-8-14(18-2)21-13-9-19-16(22-15(12)13)11-6-4-3-5-7-11/h3-7,12-16H,8-9H2,1-2H3/t12-,13-,14-,15+,16?/m1/s1. The first-order valence-corrected chi connectivity index (χ1v) is 7.35. The van der Waals surface area contributed by atoms with Crippen LogP contribution in [-0.4, -0.2) is 44.3 Å². The summed E-state index contributed by atoms with van der Waals surface area (Å²) in [6.45, 7) is 1.75. The number of methoxy groups -OCH3 is 1. The minimum absolute atomic E-state index is 0.317. The van der Waals surface area contributed by atoms with E-state index in [1.165, 1.54) is 6.92 Å². The smallest absolute Gasteiger partial charge is 0.302 e. The molecule has 2 aliphatic heterocycles. The van der Waals surface area contributed by atoms with Crippen LogP contribution in [0.4, 0.5) is 0 Å². The van der Waals surface area contributed by atoms with Gasteiger partial charge in [-0.1, -0.05) is 30.3 Å². The Hall–Kier alpha value is -1.47. The van der Waals surface area contributed by atoms with Crippen molar-refractivity contribution in [2.75, 3.05) is 13.7 Å². The first-order chi connectivity index (χ1) is 10.7. The molecule has 1 aromatic carbocycles. The Balaban J connectivity index is 1.75. The van der Waals surface area contributed by atoms with Crippen molar-refractivity contribution in [1.82, 2.24) is 0 Å². The fraction of sp³-hybridized carbons (Fsp3) is 0.562. The number of rotatable bonds is 3. The van der Waals surface area contributed by atoms with Crippen LogP contribution in [0.2, 0.25) is 0 Å². The highest BCUT2D eigenvalue weighted by Gasteiger charge is 2.46. The van der Waals surface area contributed by atoms with E-state index < -0.39 is 18.7 Å². The van der Waals surface area contributed by atoms with Crippen molar-refractivity contribution in [3.8, 4) is 0 Å². The first-order valence-electron chi connectivity index (χ1n) is 7.35. The summed E-state index contributed by atoms with van der Waals surface area (Å²) in [5.74, 6) is -0.341. The van der Waals surface area contributed by atoms with Crippen LogP contribution in [0.15, 0.2) is 30.3 Å². The van der Waals surface area contributed by atoms with E-state index in [9.17, 15) is 4.79 Å². The number of esters is 1. The third-order valence-corrected chi connectivity index (χ3v) is 3.83. The normalized spacial score (nSPS) is 34.7. The van der Waals surface area contributed by atoms with Gasteiger partial charge in [0.1, 0.15) is 18.3 Å². The van der Waals surface area contributed by atoms with Crippen LogP contribution in [-0.2, 0) is 28.5 Å². The zero-order valence-corrected chi connectivity index (χ0v) is 12.6. The fourth-order valence-corrected chi connectivity index (χ4v) is 2.83. The molecule has 2 heterocycles. The summed E-state index contributed by atoms with van der Waals surface area (Å²) in [6, 6.07) is 9.66. The number of hydrogen-bond acceptors (Lipinski definition) is 6. The van der Waals surface area contributed by atoms with E-state index in [4.69, 9.17) is 23.7 Å². The highest BCUT2D eigenvalue weighted by Crippen LogP contribution is 2.35. The molecule has 2 fully saturated rings. The second-order valence-electron chi connectivity index (χ2n) is 5.40. The molecule has 0 bridgehead atoms. The second kappa shape index (κ2) is 6.75. The van der Waals surface area contributed by atoms with Gasteiger partial charge < -0.3 is 23.7 Å². The van der Waals surface area contributed by atoms with E-state index in [1.807, 2.05) is 30.3 Å². The number of fused-ring (bicyclic) bond motifs is 1. The Labute approximate surface area is 129 Å². The van der Waals surface area contributed by atoms with Crippen LogP contribution in [0.3, 0.4) is 0 Å². The predicted molar refractivity (Wildman–Crippen MR) is 75.8 cm³/mol. The van der Waals surface area contributed by atoms with Crippen LogP contribution in [0.1, 0.15) is 25.2 Å². The largest absolute Gasteiger partial charge is 0.459 e. The summed E-state index contributed by atoms with van der Waals surface area (Å²) in [5.41, 5.74) is 0.927. The van der Waals surface area contributed by atoms with Gasteiger partial charge in [0.15, 0.2) is 12.6 Å². The molecule has 0 amide bonds. The lowest BCUT2D eigenvalue weighted by Crippen LogP contribution is -2.56. The Morgan fingerprint density at radius 1 is 1.23 bits per heavy atom. The van der Waals surface area contributed by atoms with Gasteiger partial charge in [-0.15, -0.1) is 0 Å². The molecule has 0 spiro atoms. The SMILES string of the molecule is CO[C@H]1C[C@@H](OC(C)=O)[C@@H]2OC(c3ccccc3)OC[C@H]2O1. The zero-order chi connectivity index (χ0) is 15.5. The van der Waals surface area contributed by atoms with Gasteiger partial charge in [0.05, 0.1) is 6.61 Å². The number of carbonyl (C=O) groups is 1. The average molecular weight is 308 g/mol. The van der Waals surface area contributed by atoms with Crippen LogP contribution >= 0.6 is 0 Å². The summed E-state index contributed by atoms with van der Waals surface area (Å²) < 4.78 is 28.1. The van der Waals surface area contributed by atoms with Crippen LogP contribution < -0.4 is 0 Å². The molecule has 0 saturated carbocycles. The summed E-state index contributed by atoms with van der Waals surface area (Å²) in [4.78, 5) is 11.3. The maximum absolute atomic E-state index is 11.3. The molecule has 0 aliphatic carbocycles. The summed E-state index contributed by atoms with van der Waals surface area (Å²) in [6.07, 6.45) is -1.55. The molecule has 2 saturated heterocycles. The lowest BCUT2D eigenvalue weighted by molar-refractivity contribution is -0.335. The summed E-state index contributed by atoms with van der Waals surface area (Å²) in [7, 11) is 1.56. The molecule has 1 unspecified atom stereocenters. The van der Waals surface area contributed by atoms with Gasteiger partial charge in [-0.2, -0.15) is 0 Å². The van der Waals surface area contributed by atoms with Gasteiger partial charge in [-0.25, -0.2) is 0 Å². The third kappa shape index (κ3) is 3.30. The monoisotopic (exact) mass is 308 g/mol. The molecule has 0 aromatic heterocycles. The average Bonchev–Trinajstić information content (AvgIpc) is 2.54.